The lowest BCUT2D eigenvalue weighted by molar-refractivity contribution is 0.207. The molecule has 3 rings (SSSR count). The Kier molecular flexibility index (Phi) is 7.22. The maximum absolute atomic E-state index is 13.4. The summed E-state index contributed by atoms with van der Waals surface area (Å²) in [6, 6.07) is 13.3. The van der Waals surface area contributed by atoms with Crippen LogP contribution in [-0.2, 0) is 13.1 Å². The highest BCUT2D eigenvalue weighted by Crippen LogP contribution is 2.16. The summed E-state index contributed by atoms with van der Waals surface area (Å²) in [5, 5.41) is 2.78. The number of ether oxygens (including phenoxy) is 1. The number of amides is 2. The second-order valence-corrected chi connectivity index (χ2v) is 6.59. The SMILES string of the molecule is CCOc1ccc(CN(CCCn2ccnc2)C(=O)Nc2cccc(F)c2)cc1. The van der Waals surface area contributed by atoms with Crippen LogP contribution in [-0.4, -0.2) is 33.6 Å². The third-order valence-corrected chi connectivity index (χ3v) is 4.37. The molecule has 0 atom stereocenters. The van der Waals surface area contributed by atoms with Crippen molar-refractivity contribution in [2.75, 3.05) is 18.5 Å². The minimum atomic E-state index is -0.388. The number of urea groups is 1. The quantitative estimate of drug-likeness (QED) is 0.577. The zero-order valence-electron chi connectivity index (χ0n) is 16.4. The topological polar surface area (TPSA) is 59.4 Å². The van der Waals surface area contributed by atoms with E-state index in [9.17, 15) is 9.18 Å². The number of hydrogen-bond acceptors (Lipinski definition) is 3. The summed E-state index contributed by atoms with van der Waals surface area (Å²) < 4.78 is 20.9. The van der Waals surface area contributed by atoms with Gasteiger partial charge in [-0.1, -0.05) is 18.2 Å². The molecule has 1 aromatic heterocycles. The number of aromatic nitrogens is 2. The van der Waals surface area contributed by atoms with Gasteiger partial charge in [-0.05, 0) is 49.2 Å². The number of hydrogen-bond donors (Lipinski definition) is 1. The van der Waals surface area contributed by atoms with E-state index in [1.165, 1.54) is 12.1 Å². The van der Waals surface area contributed by atoms with Crippen LogP contribution in [0.5, 0.6) is 5.75 Å². The van der Waals surface area contributed by atoms with Crippen molar-refractivity contribution in [3.05, 3.63) is 78.6 Å². The first-order chi connectivity index (χ1) is 14.1. The van der Waals surface area contributed by atoms with Gasteiger partial charge in [0.25, 0.3) is 0 Å². The first-order valence-corrected chi connectivity index (χ1v) is 9.63. The number of nitrogens with one attached hydrogen (secondary N) is 1. The van der Waals surface area contributed by atoms with E-state index in [1.54, 1.807) is 29.6 Å². The maximum Gasteiger partial charge on any atom is 0.322 e. The number of nitrogens with zero attached hydrogens (tertiary/aromatic N) is 3. The fraction of sp³-hybridized carbons (Fsp3) is 0.273. The first kappa shape index (κ1) is 20.4. The molecule has 0 bridgehead atoms. The minimum Gasteiger partial charge on any atom is -0.494 e. The number of carbonyl (C=O) groups excluding carboxylic acids is 1. The van der Waals surface area contributed by atoms with Crippen LogP contribution < -0.4 is 10.1 Å². The smallest absolute Gasteiger partial charge is 0.322 e. The molecule has 1 heterocycles. The summed E-state index contributed by atoms with van der Waals surface area (Å²) in [6.07, 6.45) is 6.14. The Hall–Kier alpha value is -3.35. The minimum absolute atomic E-state index is 0.268. The fourth-order valence-electron chi connectivity index (χ4n) is 2.96. The first-order valence-electron chi connectivity index (χ1n) is 9.63. The van der Waals surface area contributed by atoms with Crippen molar-refractivity contribution in [1.29, 1.82) is 0 Å². The molecule has 7 heteroatoms. The molecule has 0 radical (unpaired) electrons. The van der Waals surface area contributed by atoms with Gasteiger partial charge in [0.15, 0.2) is 0 Å². The van der Waals surface area contributed by atoms with Gasteiger partial charge < -0.3 is 19.5 Å². The van der Waals surface area contributed by atoms with Crippen molar-refractivity contribution in [3.63, 3.8) is 0 Å². The number of aryl methyl sites for hydroxylation is 1. The molecule has 0 spiro atoms. The third kappa shape index (κ3) is 6.34. The molecule has 2 aromatic carbocycles. The highest BCUT2D eigenvalue weighted by atomic mass is 19.1. The Bertz CT molecular complexity index is 897. The molecule has 152 valence electrons. The van der Waals surface area contributed by atoms with Crippen molar-refractivity contribution in [1.82, 2.24) is 14.5 Å². The van der Waals surface area contributed by atoms with Crippen LogP contribution in [0, 0.1) is 5.82 Å². The molecule has 2 amide bonds. The highest BCUT2D eigenvalue weighted by molar-refractivity contribution is 5.89. The monoisotopic (exact) mass is 396 g/mol. The van der Waals surface area contributed by atoms with E-state index in [1.807, 2.05) is 42.0 Å². The normalized spacial score (nSPS) is 10.6. The molecular formula is C22H25FN4O2. The van der Waals surface area contributed by atoms with Crippen LogP contribution in [0.4, 0.5) is 14.9 Å². The Balaban J connectivity index is 1.66. The standard InChI is InChI=1S/C22H25FN4O2/c1-2-29-21-9-7-18(8-10-21)16-27(13-4-12-26-14-11-24-17-26)22(28)25-20-6-3-5-19(23)15-20/h3,5-11,14-15,17H,2,4,12-13,16H2,1H3,(H,25,28). The molecule has 0 saturated carbocycles. The summed E-state index contributed by atoms with van der Waals surface area (Å²) >= 11 is 0. The van der Waals surface area contributed by atoms with Gasteiger partial charge in [0.2, 0.25) is 0 Å². The predicted octanol–water partition coefficient (Wildman–Crippen LogP) is 4.55. The molecular weight excluding hydrogens is 371 g/mol. The van der Waals surface area contributed by atoms with E-state index in [-0.39, 0.29) is 11.8 Å². The van der Waals surface area contributed by atoms with Gasteiger partial charge in [-0.3, -0.25) is 0 Å². The van der Waals surface area contributed by atoms with Gasteiger partial charge in [-0.15, -0.1) is 0 Å². The zero-order valence-corrected chi connectivity index (χ0v) is 16.4. The molecule has 6 nitrogen and oxygen atoms in total. The summed E-state index contributed by atoms with van der Waals surface area (Å²) in [6.45, 7) is 4.29. The molecule has 0 aliphatic rings. The molecule has 0 saturated heterocycles. The van der Waals surface area contributed by atoms with E-state index in [0.29, 0.717) is 25.4 Å². The number of anilines is 1. The van der Waals surface area contributed by atoms with Crippen LogP contribution in [0.15, 0.2) is 67.3 Å². The van der Waals surface area contributed by atoms with Gasteiger partial charge >= 0.3 is 6.03 Å². The lowest BCUT2D eigenvalue weighted by Crippen LogP contribution is -2.35. The number of carbonyl (C=O) groups is 1. The van der Waals surface area contributed by atoms with Crippen molar-refractivity contribution in [3.8, 4) is 5.75 Å². The van der Waals surface area contributed by atoms with Gasteiger partial charge in [-0.25, -0.2) is 14.2 Å². The lowest BCUT2D eigenvalue weighted by atomic mass is 10.2. The van der Waals surface area contributed by atoms with Crippen molar-refractivity contribution in [2.24, 2.45) is 0 Å². The third-order valence-electron chi connectivity index (χ3n) is 4.37. The zero-order chi connectivity index (χ0) is 20.5. The van der Waals surface area contributed by atoms with E-state index >= 15 is 0 Å². The molecule has 1 N–H and O–H groups in total. The number of rotatable bonds is 9. The van der Waals surface area contributed by atoms with Gasteiger partial charge in [0.05, 0.1) is 12.9 Å². The Morgan fingerprint density at radius 1 is 1.24 bits per heavy atom. The van der Waals surface area contributed by atoms with Gasteiger partial charge in [-0.2, -0.15) is 0 Å². The summed E-state index contributed by atoms with van der Waals surface area (Å²) in [5.41, 5.74) is 1.42. The second-order valence-electron chi connectivity index (χ2n) is 6.59. The fourth-order valence-corrected chi connectivity index (χ4v) is 2.96. The van der Waals surface area contributed by atoms with Gasteiger partial charge in [0.1, 0.15) is 11.6 Å². The van der Waals surface area contributed by atoms with Gasteiger partial charge in [0, 0.05) is 37.7 Å². The molecule has 0 aliphatic heterocycles. The number of halogens is 1. The summed E-state index contributed by atoms with van der Waals surface area (Å²) in [7, 11) is 0. The van der Waals surface area contributed by atoms with E-state index in [4.69, 9.17) is 4.74 Å². The lowest BCUT2D eigenvalue weighted by Gasteiger charge is -2.23. The largest absolute Gasteiger partial charge is 0.494 e. The Morgan fingerprint density at radius 3 is 2.76 bits per heavy atom. The number of imidazole rings is 1. The second kappa shape index (κ2) is 10.3. The Labute approximate surface area is 169 Å². The van der Waals surface area contributed by atoms with Crippen LogP contribution in [0.2, 0.25) is 0 Å². The molecule has 3 aromatic rings. The van der Waals surface area contributed by atoms with Crippen molar-refractivity contribution >= 4 is 11.7 Å². The molecule has 29 heavy (non-hydrogen) atoms. The van der Waals surface area contributed by atoms with Crippen molar-refractivity contribution < 1.29 is 13.9 Å². The maximum atomic E-state index is 13.4. The predicted molar refractivity (Wildman–Crippen MR) is 110 cm³/mol. The molecule has 0 aliphatic carbocycles. The van der Waals surface area contributed by atoms with E-state index in [2.05, 4.69) is 10.3 Å². The molecule has 0 unspecified atom stereocenters. The highest BCUT2D eigenvalue weighted by Gasteiger charge is 2.15. The van der Waals surface area contributed by atoms with E-state index < -0.39 is 0 Å². The molecule has 0 fully saturated rings. The Morgan fingerprint density at radius 2 is 2.07 bits per heavy atom. The summed E-state index contributed by atoms with van der Waals surface area (Å²) in [4.78, 5) is 18.6. The average Bonchev–Trinajstić information content (AvgIpc) is 3.22. The van der Waals surface area contributed by atoms with Crippen LogP contribution in [0.3, 0.4) is 0 Å². The average molecular weight is 396 g/mol. The van der Waals surface area contributed by atoms with E-state index in [0.717, 1.165) is 24.3 Å². The van der Waals surface area contributed by atoms with Crippen molar-refractivity contribution in [2.45, 2.75) is 26.4 Å². The van der Waals surface area contributed by atoms with Crippen LogP contribution in [0.25, 0.3) is 0 Å². The summed E-state index contributed by atoms with van der Waals surface area (Å²) in [5.74, 6) is 0.410. The number of benzene rings is 2. The van der Waals surface area contributed by atoms with Crippen LogP contribution >= 0.6 is 0 Å². The van der Waals surface area contributed by atoms with Crippen LogP contribution in [0.1, 0.15) is 18.9 Å².